The Balaban J connectivity index is 2.58. The highest BCUT2D eigenvalue weighted by Gasteiger charge is 2.17. The number of hydrogen-bond acceptors (Lipinski definition) is 3. The number of carbonyl (C=O) groups is 1. The lowest BCUT2D eigenvalue weighted by molar-refractivity contribution is -0.121. The SMILES string of the molecule is CCc1cnc(C(C)NC(=O)C(Br)CC)s1. The number of nitrogens with zero attached hydrogens (tertiary/aromatic N) is 1. The highest BCUT2D eigenvalue weighted by Crippen LogP contribution is 2.20. The molecule has 0 radical (unpaired) electrons. The second kappa shape index (κ2) is 6.35. The van der Waals surface area contributed by atoms with E-state index in [9.17, 15) is 4.79 Å². The molecule has 0 saturated heterocycles. The predicted molar refractivity (Wildman–Crippen MR) is 71.1 cm³/mol. The molecule has 1 rings (SSSR count). The van der Waals surface area contributed by atoms with Crippen molar-refractivity contribution in [2.75, 3.05) is 0 Å². The summed E-state index contributed by atoms with van der Waals surface area (Å²) in [4.78, 5) is 17.1. The Hall–Kier alpha value is -0.420. The summed E-state index contributed by atoms with van der Waals surface area (Å²) >= 11 is 4.99. The summed E-state index contributed by atoms with van der Waals surface area (Å²) in [6.07, 6.45) is 3.67. The lowest BCUT2D eigenvalue weighted by Crippen LogP contribution is -2.32. The Morgan fingerprint density at radius 2 is 2.31 bits per heavy atom. The molecule has 0 bridgehead atoms. The zero-order valence-electron chi connectivity index (χ0n) is 9.79. The minimum absolute atomic E-state index is 0.00981. The van der Waals surface area contributed by atoms with Crippen LogP contribution < -0.4 is 5.32 Å². The van der Waals surface area contributed by atoms with Gasteiger partial charge in [-0.3, -0.25) is 4.79 Å². The first-order valence-corrected chi connectivity index (χ1v) is 7.20. The number of aryl methyl sites for hydroxylation is 1. The van der Waals surface area contributed by atoms with E-state index in [0.717, 1.165) is 17.8 Å². The zero-order chi connectivity index (χ0) is 12.1. The third kappa shape index (κ3) is 3.56. The van der Waals surface area contributed by atoms with Crippen molar-refractivity contribution in [3.8, 4) is 0 Å². The van der Waals surface area contributed by atoms with Gasteiger partial charge in [-0.25, -0.2) is 4.98 Å². The maximum Gasteiger partial charge on any atom is 0.234 e. The van der Waals surface area contributed by atoms with Gasteiger partial charge in [-0.15, -0.1) is 11.3 Å². The van der Waals surface area contributed by atoms with Crippen molar-refractivity contribution in [2.24, 2.45) is 0 Å². The predicted octanol–water partition coefficient (Wildman–Crippen LogP) is 3.06. The van der Waals surface area contributed by atoms with Crippen molar-refractivity contribution in [3.63, 3.8) is 0 Å². The number of thiazole rings is 1. The van der Waals surface area contributed by atoms with Crippen LogP contribution in [0, 0.1) is 0 Å². The van der Waals surface area contributed by atoms with Gasteiger partial charge in [-0.05, 0) is 19.8 Å². The van der Waals surface area contributed by atoms with Gasteiger partial charge >= 0.3 is 0 Å². The minimum Gasteiger partial charge on any atom is -0.346 e. The molecule has 1 aromatic heterocycles. The van der Waals surface area contributed by atoms with E-state index in [1.165, 1.54) is 4.88 Å². The molecule has 0 aromatic carbocycles. The summed E-state index contributed by atoms with van der Waals surface area (Å²) in [6, 6.07) is -0.00981. The van der Waals surface area contributed by atoms with E-state index in [-0.39, 0.29) is 16.8 Å². The molecular formula is C11H17BrN2OS. The van der Waals surface area contributed by atoms with E-state index in [1.807, 2.05) is 20.0 Å². The molecule has 0 fully saturated rings. The maximum absolute atomic E-state index is 11.7. The minimum atomic E-state index is -0.111. The molecule has 1 heterocycles. The summed E-state index contributed by atoms with van der Waals surface area (Å²) in [7, 11) is 0. The van der Waals surface area contributed by atoms with Crippen molar-refractivity contribution in [2.45, 2.75) is 44.5 Å². The molecule has 1 N–H and O–H groups in total. The molecule has 1 amide bonds. The summed E-state index contributed by atoms with van der Waals surface area (Å²) < 4.78 is 0. The summed E-state index contributed by atoms with van der Waals surface area (Å²) in [5.41, 5.74) is 0. The largest absolute Gasteiger partial charge is 0.346 e. The number of alkyl halides is 1. The first-order valence-electron chi connectivity index (χ1n) is 5.47. The van der Waals surface area contributed by atoms with Gasteiger partial charge in [0.15, 0.2) is 0 Å². The summed E-state index contributed by atoms with van der Waals surface area (Å²) in [5.74, 6) is 0.0308. The molecule has 0 saturated carbocycles. The normalized spacial score (nSPS) is 14.5. The molecule has 0 aliphatic carbocycles. The zero-order valence-corrected chi connectivity index (χ0v) is 12.2. The smallest absolute Gasteiger partial charge is 0.234 e. The van der Waals surface area contributed by atoms with E-state index >= 15 is 0 Å². The fourth-order valence-electron chi connectivity index (χ4n) is 1.24. The molecule has 2 atom stereocenters. The molecule has 0 aliphatic heterocycles. The average molecular weight is 305 g/mol. The number of amides is 1. The van der Waals surface area contributed by atoms with Gasteiger partial charge in [0.2, 0.25) is 5.91 Å². The molecule has 16 heavy (non-hydrogen) atoms. The van der Waals surface area contributed by atoms with Crippen molar-refractivity contribution in [3.05, 3.63) is 16.1 Å². The Morgan fingerprint density at radius 1 is 1.62 bits per heavy atom. The van der Waals surface area contributed by atoms with Crippen LogP contribution in [0.5, 0.6) is 0 Å². The van der Waals surface area contributed by atoms with Crippen molar-refractivity contribution in [1.29, 1.82) is 0 Å². The number of aromatic nitrogens is 1. The Bertz CT molecular complexity index is 354. The van der Waals surface area contributed by atoms with Crippen molar-refractivity contribution in [1.82, 2.24) is 10.3 Å². The van der Waals surface area contributed by atoms with Crippen LogP contribution in [0.2, 0.25) is 0 Å². The van der Waals surface area contributed by atoms with E-state index in [0.29, 0.717) is 0 Å². The number of hydrogen-bond donors (Lipinski definition) is 1. The molecule has 90 valence electrons. The first-order chi connectivity index (χ1) is 7.58. The first kappa shape index (κ1) is 13.6. The third-order valence-electron chi connectivity index (χ3n) is 2.29. The molecule has 2 unspecified atom stereocenters. The van der Waals surface area contributed by atoms with E-state index < -0.39 is 0 Å². The van der Waals surface area contributed by atoms with Crippen LogP contribution in [0.15, 0.2) is 6.20 Å². The van der Waals surface area contributed by atoms with Crippen molar-refractivity contribution >= 4 is 33.2 Å². The Kier molecular flexibility index (Phi) is 5.41. The number of nitrogens with one attached hydrogen (secondary N) is 1. The Morgan fingerprint density at radius 3 is 2.81 bits per heavy atom. The van der Waals surface area contributed by atoms with Crippen LogP contribution in [0.3, 0.4) is 0 Å². The van der Waals surface area contributed by atoms with Gasteiger partial charge in [0.25, 0.3) is 0 Å². The quantitative estimate of drug-likeness (QED) is 0.850. The van der Waals surface area contributed by atoms with E-state index in [1.54, 1.807) is 11.3 Å². The standard InChI is InChI=1S/C11H17BrN2OS/c1-4-8-6-13-11(16-8)7(3)14-10(15)9(12)5-2/h6-7,9H,4-5H2,1-3H3,(H,14,15). The van der Waals surface area contributed by atoms with Gasteiger partial charge in [0.05, 0.1) is 10.9 Å². The number of carbonyl (C=O) groups excluding carboxylic acids is 1. The second-order valence-corrected chi connectivity index (χ2v) is 5.88. The molecule has 0 aliphatic rings. The summed E-state index contributed by atoms with van der Waals surface area (Å²) in [5, 5.41) is 3.92. The van der Waals surface area contributed by atoms with E-state index in [2.05, 4.69) is 33.2 Å². The fraction of sp³-hybridized carbons (Fsp3) is 0.636. The second-order valence-electron chi connectivity index (χ2n) is 3.62. The van der Waals surface area contributed by atoms with Crippen LogP contribution in [-0.4, -0.2) is 15.7 Å². The van der Waals surface area contributed by atoms with Crippen LogP contribution in [0.25, 0.3) is 0 Å². The number of halogens is 1. The topological polar surface area (TPSA) is 42.0 Å². The van der Waals surface area contributed by atoms with Crippen LogP contribution in [-0.2, 0) is 11.2 Å². The van der Waals surface area contributed by atoms with Crippen LogP contribution >= 0.6 is 27.3 Å². The van der Waals surface area contributed by atoms with Gasteiger partial charge in [-0.2, -0.15) is 0 Å². The highest BCUT2D eigenvalue weighted by atomic mass is 79.9. The van der Waals surface area contributed by atoms with Gasteiger partial charge in [0, 0.05) is 11.1 Å². The lowest BCUT2D eigenvalue weighted by Gasteiger charge is -2.13. The molecule has 5 heteroatoms. The Labute approximate surface area is 109 Å². The third-order valence-corrected chi connectivity index (χ3v) is 4.68. The monoisotopic (exact) mass is 304 g/mol. The molecular weight excluding hydrogens is 288 g/mol. The molecule has 1 aromatic rings. The molecule has 0 spiro atoms. The fourth-order valence-corrected chi connectivity index (χ4v) is 2.23. The van der Waals surface area contributed by atoms with Crippen molar-refractivity contribution < 1.29 is 4.79 Å². The number of rotatable bonds is 5. The van der Waals surface area contributed by atoms with Crippen LogP contribution in [0.4, 0.5) is 0 Å². The van der Waals surface area contributed by atoms with E-state index in [4.69, 9.17) is 0 Å². The molecule has 3 nitrogen and oxygen atoms in total. The van der Waals surface area contributed by atoms with Gasteiger partial charge < -0.3 is 5.32 Å². The average Bonchev–Trinajstić information content (AvgIpc) is 2.76. The van der Waals surface area contributed by atoms with Gasteiger partial charge in [-0.1, -0.05) is 29.8 Å². The van der Waals surface area contributed by atoms with Gasteiger partial charge in [0.1, 0.15) is 5.01 Å². The highest BCUT2D eigenvalue weighted by molar-refractivity contribution is 9.10. The maximum atomic E-state index is 11.7. The van der Waals surface area contributed by atoms with Crippen LogP contribution in [0.1, 0.15) is 43.1 Å². The lowest BCUT2D eigenvalue weighted by atomic mass is 10.3. The summed E-state index contributed by atoms with van der Waals surface area (Å²) in [6.45, 7) is 6.04.